The number of fused-ring (bicyclic) bond motifs is 1. The SMILES string of the molecule is O=C1NCc2ccc(-c3cccc(CO)c3)cc2N1. The first-order valence-electron chi connectivity index (χ1n) is 6.14. The Morgan fingerprint density at radius 2 is 1.95 bits per heavy atom. The molecule has 0 saturated heterocycles. The van der Waals surface area contributed by atoms with Gasteiger partial charge in [0.1, 0.15) is 0 Å². The van der Waals surface area contributed by atoms with Gasteiger partial charge in [-0.15, -0.1) is 0 Å². The number of carbonyl (C=O) groups excluding carboxylic acids is 1. The zero-order valence-corrected chi connectivity index (χ0v) is 10.3. The molecule has 3 N–H and O–H groups in total. The van der Waals surface area contributed by atoms with Crippen molar-refractivity contribution in [2.24, 2.45) is 0 Å². The maximum atomic E-state index is 11.3. The summed E-state index contributed by atoms with van der Waals surface area (Å²) in [5.41, 5.74) is 4.84. The van der Waals surface area contributed by atoms with Crippen LogP contribution >= 0.6 is 0 Å². The van der Waals surface area contributed by atoms with Crippen LogP contribution in [0.4, 0.5) is 10.5 Å². The first-order chi connectivity index (χ1) is 9.26. The molecule has 0 unspecified atom stereocenters. The Morgan fingerprint density at radius 3 is 2.79 bits per heavy atom. The van der Waals surface area contributed by atoms with Gasteiger partial charge in [-0.2, -0.15) is 0 Å². The Hall–Kier alpha value is -2.33. The maximum absolute atomic E-state index is 11.3. The van der Waals surface area contributed by atoms with Gasteiger partial charge in [0.15, 0.2) is 0 Å². The van der Waals surface area contributed by atoms with Gasteiger partial charge in [-0.25, -0.2) is 4.79 Å². The highest BCUT2D eigenvalue weighted by Gasteiger charge is 2.14. The minimum Gasteiger partial charge on any atom is -0.392 e. The van der Waals surface area contributed by atoms with Crippen LogP contribution in [0.3, 0.4) is 0 Å². The van der Waals surface area contributed by atoms with E-state index in [1.807, 2.05) is 42.5 Å². The average molecular weight is 254 g/mol. The Balaban J connectivity index is 2.01. The normalized spacial score (nSPS) is 13.4. The van der Waals surface area contributed by atoms with E-state index in [-0.39, 0.29) is 12.6 Å². The van der Waals surface area contributed by atoms with Crippen LogP contribution in [0, 0.1) is 0 Å². The number of aliphatic hydroxyl groups is 1. The molecular weight excluding hydrogens is 240 g/mol. The molecule has 0 radical (unpaired) electrons. The van der Waals surface area contributed by atoms with Crippen LogP contribution in [-0.2, 0) is 13.2 Å². The van der Waals surface area contributed by atoms with E-state index in [2.05, 4.69) is 10.6 Å². The summed E-state index contributed by atoms with van der Waals surface area (Å²) in [6.07, 6.45) is 0. The van der Waals surface area contributed by atoms with E-state index in [1.165, 1.54) is 0 Å². The molecule has 0 spiro atoms. The number of carbonyl (C=O) groups is 1. The van der Waals surface area contributed by atoms with Crippen LogP contribution in [0.25, 0.3) is 11.1 Å². The van der Waals surface area contributed by atoms with Crippen molar-refractivity contribution in [2.45, 2.75) is 13.2 Å². The number of urea groups is 1. The first-order valence-corrected chi connectivity index (χ1v) is 6.14. The van der Waals surface area contributed by atoms with Gasteiger partial charge in [-0.3, -0.25) is 0 Å². The van der Waals surface area contributed by atoms with Crippen LogP contribution in [0.1, 0.15) is 11.1 Å². The average Bonchev–Trinajstić information content (AvgIpc) is 2.46. The number of hydrogen-bond acceptors (Lipinski definition) is 2. The van der Waals surface area contributed by atoms with Gasteiger partial charge in [-0.05, 0) is 34.4 Å². The zero-order chi connectivity index (χ0) is 13.2. The minimum atomic E-state index is -0.172. The molecule has 1 aliphatic heterocycles. The highest BCUT2D eigenvalue weighted by atomic mass is 16.3. The lowest BCUT2D eigenvalue weighted by Gasteiger charge is -2.19. The number of nitrogens with one attached hydrogen (secondary N) is 2. The predicted octanol–water partition coefficient (Wildman–Crippen LogP) is 2.48. The highest BCUT2D eigenvalue weighted by Crippen LogP contribution is 2.27. The molecule has 0 aromatic heterocycles. The molecule has 1 heterocycles. The smallest absolute Gasteiger partial charge is 0.319 e. The van der Waals surface area contributed by atoms with Crippen molar-refractivity contribution >= 4 is 11.7 Å². The molecule has 2 aromatic carbocycles. The van der Waals surface area contributed by atoms with Gasteiger partial charge in [0.2, 0.25) is 0 Å². The molecule has 3 rings (SSSR count). The Kier molecular flexibility index (Phi) is 2.93. The zero-order valence-electron chi connectivity index (χ0n) is 10.3. The topological polar surface area (TPSA) is 61.4 Å². The second kappa shape index (κ2) is 4.74. The third-order valence-electron chi connectivity index (χ3n) is 3.24. The van der Waals surface area contributed by atoms with E-state index >= 15 is 0 Å². The van der Waals surface area contributed by atoms with Crippen molar-refractivity contribution in [1.29, 1.82) is 0 Å². The summed E-state index contributed by atoms with van der Waals surface area (Å²) in [5.74, 6) is 0. The monoisotopic (exact) mass is 254 g/mol. The molecule has 0 saturated carbocycles. The van der Waals surface area contributed by atoms with E-state index in [9.17, 15) is 9.90 Å². The second-order valence-corrected chi connectivity index (χ2v) is 4.54. The maximum Gasteiger partial charge on any atom is 0.319 e. The number of hydrogen-bond donors (Lipinski definition) is 3. The number of anilines is 1. The summed E-state index contributed by atoms with van der Waals surface area (Å²) in [7, 11) is 0. The van der Waals surface area contributed by atoms with E-state index < -0.39 is 0 Å². The summed E-state index contributed by atoms with van der Waals surface area (Å²) in [5, 5.41) is 14.7. The summed E-state index contributed by atoms with van der Waals surface area (Å²) >= 11 is 0. The molecule has 2 amide bonds. The van der Waals surface area contributed by atoms with Gasteiger partial charge >= 0.3 is 6.03 Å². The van der Waals surface area contributed by atoms with Gasteiger partial charge in [-0.1, -0.05) is 30.3 Å². The van der Waals surface area contributed by atoms with Crippen LogP contribution in [0.5, 0.6) is 0 Å². The number of rotatable bonds is 2. The molecule has 1 aliphatic rings. The van der Waals surface area contributed by atoms with Crippen molar-refractivity contribution < 1.29 is 9.90 Å². The fourth-order valence-corrected chi connectivity index (χ4v) is 2.22. The number of aliphatic hydroxyl groups excluding tert-OH is 1. The number of benzene rings is 2. The van der Waals surface area contributed by atoms with Gasteiger partial charge < -0.3 is 15.7 Å². The lowest BCUT2D eigenvalue weighted by Crippen LogP contribution is -2.33. The van der Waals surface area contributed by atoms with Gasteiger partial charge in [0.05, 0.1) is 6.61 Å². The minimum absolute atomic E-state index is 0.0272. The van der Waals surface area contributed by atoms with Crippen molar-refractivity contribution in [2.75, 3.05) is 5.32 Å². The lowest BCUT2D eigenvalue weighted by atomic mass is 10.00. The summed E-state index contributed by atoms with van der Waals surface area (Å²) in [6, 6.07) is 13.6. The molecular formula is C15H14N2O2. The largest absolute Gasteiger partial charge is 0.392 e. The molecule has 0 bridgehead atoms. The molecule has 0 atom stereocenters. The van der Waals surface area contributed by atoms with Crippen LogP contribution in [0.2, 0.25) is 0 Å². The molecule has 2 aromatic rings. The second-order valence-electron chi connectivity index (χ2n) is 4.54. The fraction of sp³-hybridized carbons (Fsp3) is 0.133. The van der Waals surface area contributed by atoms with E-state index in [4.69, 9.17) is 0 Å². The lowest BCUT2D eigenvalue weighted by molar-refractivity contribution is 0.251. The van der Waals surface area contributed by atoms with E-state index in [0.29, 0.717) is 6.54 Å². The molecule has 96 valence electrons. The Bertz CT molecular complexity index is 638. The van der Waals surface area contributed by atoms with E-state index in [1.54, 1.807) is 0 Å². The predicted molar refractivity (Wildman–Crippen MR) is 73.7 cm³/mol. The van der Waals surface area contributed by atoms with Crippen molar-refractivity contribution in [3.05, 3.63) is 53.6 Å². The van der Waals surface area contributed by atoms with E-state index in [0.717, 1.165) is 27.9 Å². The third kappa shape index (κ3) is 2.30. The third-order valence-corrected chi connectivity index (χ3v) is 3.24. The molecule has 0 fully saturated rings. The molecule has 4 nitrogen and oxygen atoms in total. The first kappa shape index (κ1) is 11.7. The summed E-state index contributed by atoms with van der Waals surface area (Å²) in [4.78, 5) is 11.3. The van der Waals surface area contributed by atoms with Gasteiger partial charge in [0, 0.05) is 12.2 Å². The van der Waals surface area contributed by atoms with Crippen LogP contribution in [-0.4, -0.2) is 11.1 Å². The van der Waals surface area contributed by atoms with Crippen LogP contribution < -0.4 is 10.6 Å². The molecule has 4 heteroatoms. The summed E-state index contributed by atoms with van der Waals surface area (Å²) in [6.45, 7) is 0.581. The van der Waals surface area contributed by atoms with Crippen molar-refractivity contribution in [1.82, 2.24) is 5.32 Å². The fourth-order valence-electron chi connectivity index (χ4n) is 2.22. The van der Waals surface area contributed by atoms with Crippen LogP contribution in [0.15, 0.2) is 42.5 Å². The Labute approximate surface area is 111 Å². The number of amides is 2. The highest BCUT2D eigenvalue weighted by molar-refractivity contribution is 5.93. The molecule has 0 aliphatic carbocycles. The van der Waals surface area contributed by atoms with Gasteiger partial charge in [0.25, 0.3) is 0 Å². The molecule has 19 heavy (non-hydrogen) atoms. The summed E-state index contributed by atoms with van der Waals surface area (Å²) < 4.78 is 0. The standard InChI is InChI=1S/C15H14N2O2/c18-9-10-2-1-3-11(6-10)12-4-5-13-8-16-15(19)17-14(13)7-12/h1-7,18H,8-9H2,(H2,16,17,19). The van der Waals surface area contributed by atoms with Crippen molar-refractivity contribution in [3.8, 4) is 11.1 Å². The quantitative estimate of drug-likeness (QED) is 0.771. The van der Waals surface area contributed by atoms with Crippen molar-refractivity contribution in [3.63, 3.8) is 0 Å². The Morgan fingerprint density at radius 1 is 1.11 bits per heavy atom.